The van der Waals surface area contributed by atoms with Gasteiger partial charge in [-0.2, -0.15) is 0 Å². The van der Waals surface area contributed by atoms with Gasteiger partial charge in [-0.1, -0.05) is 178 Å². The van der Waals surface area contributed by atoms with Crippen molar-refractivity contribution in [2.24, 2.45) is 0 Å². The molecule has 0 amide bonds. The summed E-state index contributed by atoms with van der Waals surface area (Å²) in [5.41, 5.74) is 3.03. The second-order valence-electron chi connectivity index (χ2n) is 8.89. The molecule has 0 fully saturated rings. The Morgan fingerprint density at radius 2 is 0.833 bits per heavy atom. The Morgan fingerprint density at radius 1 is 0.533 bits per heavy atom. The van der Waals surface area contributed by atoms with Gasteiger partial charge in [-0.25, -0.2) is 0 Å². The van der Waals surface area contributed by atoms with Crippen molar-refractivity contribution in [2.45, 2.75) is 89.6 Å². The second-order valence-corrected chi connectivity index (χ2v) is 17.4. The molecule has 0 aromatic heterocycles. The average Bonchev–Trinajstić information content (AvgIpc) is 2.70. The van der Waals surface area contributed by atoms with Gasteiger partial charge >= 0.3 is 29.6 Å². The van der Waals surface area contributed by atoms with E-state index < -0.39 is 16.5 Å². The molecule has 0 N–H and O–H groups in total. The van der Waals surface area contributed by atoms with Crippen LogP contribution in [0.3, 0.4) is 0 Å². The van der Waals surface area contributed by atoms with Crippen LogP contribution in [0.1, 0.15) is 64.5 Å². The standard InChI is InChI=1S/C26H42NSi2.Na/c1-5-19-28(20-6-2,23-25-15-11-9-12-16-25)27-29(21-7-3,22-8-4)24-26-17-13-10-14-18-26;/h9-18H,5-8,19-24H2,1-4H3;/q-1;+1. The van der Waals surface area contributed by atoms with Crippen molar-refractivity contribution in [1.29, 1.82) is 0 Å². The summed E-state index contributed by atoms with van der Waals surface area (Å²) in [4.78, 5) is 0. The van der Waals surface area contributed by atoms with Crippen molar-refractivity contribution in [3.8, 4) is 0 Å². The van der Waals surface area contributed by atoms with Crippen LogP contribution in [0.25, 0.3) is 4.65 Å². The van der Waals surface area contributed by atoms with Gasteiger partial charge in [-0.3, -0.25) is 0 Å². The molecule has 30 heavy (non-hydrogen) atoms. The third-order valence-electron chi connectivity index (χ3n) is 6.09. The number of benzene rings is 2. The minimum Gasteiger partial charge on any atom is -0.666 e. The zero-order valence-electron chi connectivity index (χ0n) is 20.3. The largest absolute Gasteiger partial charge is 1.00 e. The van der Waals surface area contributed by atoms with Crippen molar-refractivity contribution < 1.29 is 29.6 Å². The van der Waals surface area contributed by atoms with Gasteiger partial charge in [0.25, 0.3) is 0 Å². The zero-order chi connectivity index (χ0) is 21.0. The Morgan fingerprint density at radius 3 is 1.10 bits per heavy atom. The van der Waals surface area contributed by atoms with Crippen molar-refractivity contribution >= 4 is 16.5 Å². The van der Waals surface area contributed by atoms with Gasteiger partial charge in [0.15, 0.2) is 0 Å². The topological polar surface area (TPSA) is 14.1 Å². The molecule has 0 aliphatic heterocycles. The SMILES string of the molecule is CCC[Si](CCC)(Cc1ccccc1)[N-][Si](CCC)(CCC)Cc1ccccc1.[Na+]. The molecular weight excluding hydrogens is 405 g/mol. The molecule has 0 aliphatic rings. The smallest absolute Gasteiger partial charge is 0.666 e. The molecular formula is C26H42NNaSi2. The minimum absolute atomic E-state index is 0. The maximum absolute atomic E-state index is 6.17. The van der Waals surface area contributed by atoms with Crippen LogP contribution in [0.2, 0.25) is 24.2 Å². The van der Waals surface area contributed by atoms with Gasteiger partial charge in [0.1, 0.15) is 0 Å². The van der Waals surface area contributed by atoms with E-state index in [1.807, 2.05) is 0 Å². The van der Waals surface area contributed by atoms with Crippen molar-refractivity contribution in [3.63, 3.8) is 0 Å². The first kappa shape index (κ1) is 27.9. The first-order valence-corrected chi connectivity index (χ1v) is 17.1. The maximum Gasteiger partial charge on any atom is 1.00 e. The molecule has 1 nitrogen and oxygen atoms in total. The fourth-order valence-electron chi connectivity index (χ4n) is 5.22. The average molecular weight is 448 g/mol. The minimum atomic E-state index is -1.71. The van der Waals surface area contributed by atoms with E-state index in [1.54, 1.807) is 0 Å². The normalized spacial score (nSPS) is 11.9. The van der Waals surface area contributed by atoms with Gasteiger partial charge in [-0.05, 0) is 0 Å². The molecule has 0 saturated heterocycles. The van der Waals surface area contributed by atoms with Gasteiger partial charge in [0.2, 0.25) is 0 Å². The second kappa shape index (κ2) is 14.8. The predicted molar refractivity (Wildman–Crippen MR) is 136 cm³/mol. The number of rotatable bonds is 14. The molecule has 0 unspecified atom stereocenters. The Kier molecular flexibility index (Phi) is 13.8. The molecule has 2 aromatic rings. The van der Waals surface area contributed by atoms with Crippen molar-refractivity contribution in [2.75, 3.05) is 0 Å². The van der Waals surface area contributed by atoms with Crippen LogP contribution in [0, 0.1) is 0 Å². The molecule has 0 bridgehead atoms. The Labute approximate surface area is 210 Å². The third kappa shape index (κ3) is 8.76. The van der Waals surface area contributed by atoms with Crippen LogP contribution >= 0.6 is 0 Å². The third-order valence-corrected chi connectivity index (χ3v) is 17.7. The van der Waals surface area contributed by atoms with E-state index in [2.05, 4.69) is 88.4 Å². The van der Waals surface area contributed by atoms with Crippen LogP contribution in [0.5, 0.6) is 0 Å². The summed E-state index contributed by atoms with van der Waals surface area (Å²) in [6.45, 7) is 9.49. The van der Waals surface area contributed by atoms with Gasteiger partial charge in [-0.15, -0.1) is 0 Å². The van der Waals surface area contributed by atoms with Crippen molar-refractivity contribution in [3.05, 3.63) is 76.4 Å². The predicted octanol–water partition coefficient (Wildman–Crippen LogP) is 5.46. The molecule has 0 radical (unpaired) electrons. The van der Waals surface area contributed by atoms with Crippen molar-refractivity contribution in [1.82, 2.24) is 0 Å². The molecule has 0 saturated carbocycles. The number of nitrogens with zero attached hydrogens (tertiary/aromatic N) is 1. The summed E-state index contributed by atoms with van der Waals surface area (Å²) in [6.07, 6.45) is 5.10. The van der Waals surface area contributed by atoms with Crippen LogP contribution < -0.4 is 29.6 Å². The Bertz CT molecular complexity index is 606. The summed E-state index contributed by atoms with van der Waals surface area (Å²) in [5, 5.41) is 0. The fourth-order valence-corrected chi connectivity index (χ4v) is 18.6. The first-order valence-electron chi connectivity index (χ1n) is 11.9. The van der Waals surface area contributed by atoms with E-state index in [9.17, 15) is 0 Å². The molecule has 0 heterocycles. The Balaban J connectivity index is 0.00000450. The van der Waals surface area contributed by atoms with E-state index in [1.165, 1.54) is 73.1 Å². The monoisotopic (exact) mass is 447 g/mol. The Hall–Kier alpha value is -0.166. The van der Waals surface area contributed by atoms with Gasteiger partial charge in [0, 0.05) is 0 Å². The van der Waals surface area contributed by atoms with E-state index >= 15 is 0 Å². The first-order chi connectivity index (χ1) is 14.1. The molecule has 0 atom stereocenters. The van der Waals surface area contributed by atoms with Gasteiger partial charge in [0.05, 0.1) is 0 Å². The molecule has 160 valence electrons. The van der Waals surface area contributed by atoms with E-state index in [-0.39, 0.29) is 29.6 Å². The quantitative estimate of drug-likeness (QED) is 0.342. The molecule has 0 spiro atoms. The van der Waals surface area contributed by atoms with E-state index in [0.29, 0.717) is 0 Å². The fraction of sp³-hybridized carbons (Fsp3) is 0.538. The molecule has 2 rings (SSSR count). The maximum atomic E-state index is 6.17. The molecule has 2 aromatic carbocycles. The van der Waals surface area contributed by atoms with Crippen LogP contribution in [-0.4, -0.2) is 16.5 Å². The van der Waals surface area contributed by atoms with Gasteiger partial charge < -0.3 is 4.65 Å². The summed E-state index contributed by atoms with van der Waals surface area (Å²) in [7, 11) is -3.43. The number of hydrogen-bond donors (Lipinski definition) is 0. The summed E-state index contributed by atoms with van der Waals surface area (Å²) in [6, 6.07) is 30.4. The van der Waals surface area contributed by atoms with E-state index in [0.717, 1.165) is 0 Å². The summed E-state index contributed by atoms with van der Waals surface area (Å²) >= 11 is 0. The zero-order valence-corrected chi connectivity index (χ0v) is 24.3. The van der Waals surface area contributed by atoms with Crippen LogP contribution in [-0.2, 0) is 12.1 Å². The molecule has 0 aliphatic carbocycles. The molecule has 4 heteroatoms. The van der Waals surface area contributed by atoms with Crippen LogP contribution in [0.15, 0.2) is 60.7 Å². The number of hydrogen-bond acceptors (Lipinski definition) is 0. The summed E-state index contributed by atoms with van der Waals surface area (Å²) in [5.74, 6) is 0. The van der Waals surface area contributed by atoms with E-state index in [4.69, 9.17) is 4.65 Å². The summed E-state index contributed by atoms with van der Waals surface area (Å²) < 4.78 is 6.17. The van der Waals surface area contributed by atoms with Crippen LogP contribution in [0.4, 0.5) is 0 Å².